The molecule has 1 aliphatic heterocycles. The first kappa shape index (κ1) is 22.6. The Hall–Kier alpha value is -1.36. The van der Waals surface area contributed by atoms with Crippen LogP contribution in [0, 0.1) is 5.92 Å². The lowest BCUT2D eigenvalue weighted by atomic mass is 10.1. The molecule has 5 nitrogen and oxygen atoms in total. The van der Waals surface area contributed by atoms with Crippen LogP contribution in [0.3, 0.4) is 0 Å². The van der Waals surface area contributed by atoms with E-state index in [2.05, 4.69) is 24.5 Å². The average molecular weight is 341 g/mol. The minimum absolute atomic E-state index is 0.239. The van der Waals surface area contributed by atoms with E-state index >= 15 is 0 Å². The Balaban J connectivity index is 0.00000123. The van der Waals surface area contributed by atoms with Gasteiger partial charge in [0.2, 0.25) is 0 Å². The van der Waals surface area contributed by atoms with Gasteiger partial charge in [-0.3, -0.25) is 9.59 Å². The van der Waals surface area contributed by atoms with E-state index in [1.807, 2.05) is 27.7 Å². The fraction of sp³-hybridized carbons (Fsp3) is 0.789. The molecule has 0 atom stereocenters. The van der Waals surface area contributed by atoms with E-state index in [0.717, 1.165) is 32.2 Å². The van der Waals surface area contributed by atoms with E-state index in [9.17, 15) is 9.59 Å². The molecule has 1 aromatic rings. The Morgan fingerprint density at radius 3 is 2.08 bits per heavy atom. The van der Waals surface area contributed by atoms with E-state index in [4.69, 9.17) is 4.74 Å². The molecule has 5 heteroatoms. The van der Waals surface area contributed by atoms with Gasteiger partial charge in [-0.2, -0.15) is 0 Å². The van der Waals surface area contributed by atoms with E-state index < -0.39 is 0 Å². The quantitative estimate of drug-likeness (QED) is 0.584. The molecule has 1 aliphatic rings. The van der Waals surface area contributed by atoms with Crippen LogP contribution in [-0.2, 0) is 4.74 Å². The molecule has 2 N–H and O–H groups in total. The van der Waals surface area contributed by atoms with Crippen molar-refractivity contribution >= 4 is 11.4 Å². The number of ether oxygens (including phenoxy) is 1. The molecule has 140 valence electrons. The molecule has 0 bridgehead atoms. The monoisotopic (exact) mass is 340 g/mol. The van der Waals surface area contributed by atoms with Gasteiger partial charge in [0.15, 0.2) is 0 Å². The molecule has 0 saturated carbocycles. The van der Waals surface area contributed by atoms with Gasteiger partial charge in [0.05, 0.1) is 0 Å². The summed E-state index contributed by atoms with van der Waals surface area (Å²) in [6.07, 6.45) is 3.88. The van der Waals surface area contributed by atoms with E-state index in [1.165, 1.54) is 0 Å². The fourth-order valence-corrected chi connectivity index (χ4v) is 2.47. The summed E-state index contributed by atoms with van der Waals surface area (Å²) in [5.74, 6) is 0.657. The summed E-state index contributed by atoms with van der Waals surface area (Å²) in [4.78, 5) is 23.3. The summed E-state index contributed by atoms with van der Waals surface area (Å²) in [5.41, 5.74) is 0.184. The average Bonchev–Trinajstić information content (AvgIpc) is 2.64. The number of nitrogens with one attached hydrogen (secondary N) is 2. The molecule has 0 amide bonds. The first-order chi connectivity index (χ1) is 11.6. The van der Waals surface area contributed by atoms with Crippen LogP contribution in [0.5, 0.6) is 0 Å². The van der Waals surface area contributed by atoms with Crippen molar-refractivity contribution in [1.29, 1.82) is 0 Å². The zero-order valence-corrected chi connectivity index (χ0v) is 16.3. The topological polar surface area (TPSA) is 67.4 Å². The largest absolute Gasteiger partial charge is 0.381 e. The van der Waals surface area contributed by atoms with Crippen LogP contribution in [0.2, 0.25) is 0 Å². The van der Waals surface area contributed by atoms with Gasteiger partial charge in [-0.25, -0.2) is 0 Å². The van der Waals surface area contributed by atoms with Gasteiger partial charge < -0.3 is 15.4 Å². The van der Waals surface area contributed by atoms with Crippen molar-refractivity contribution in [2.24, 2.45) is 5.92 Å². The fourth-order valence-electron chi connectivity index (χ4n) is 2.47. The maximum Gasteiger partial charge on any atom is 0.253 e. The highest BCUT2D eigenvalue weighted by atomic mass is 16.5. The lowest BCUT2D eigenvalue weighted by molar-refractivity contribution is 0.0904. The smallest absolute Gasteiger partial charge is 0.253 e. The van der Waals surface area contributed by atoms with Crippen molar-refractivity contribution in [1.82, 2.24) is 0 Å². The Morgan fingerprint density at radius 1 is 1.00 bits per heavy atom. The third kappa shape index (κ3) is 7.04. The van der Waals surface area contributed by atoms with Crippen LogP contribution in [0.15, 0.2) is 9.59 Å². The van der Waals surface area contributed by atoms with Crippen molar-refractivity contribution in [3.63, 3.8) is 0 Å². The summed E-state index contributed by atoms with van der Waals surface area (Å²) in [5, 5.41) is 6.31. The molecule has 0 spiro atoms. The maximum absolute atomic E-state index is 11.6. The van der Waals surface area contributed by atoms with Crippen LogP contribution >= 0.6 is 0 Å². The first-order valence-electron chi connectivity index (χ1n) is 9.51. The number of anilines is 2. The molecule has 0 radical (unpaired) electrons. The normalized spacial score (nSPS) is 14.5. The molecule has 0 aromatic heterocycles. The third-order valence-electron chi connectivity index (χ3n) is 3.74. The molecular formula is C19H36N2O3. The number of hydrogen-bond acceptors (Lipinski definition) is 5. The number of hydrogen-bond donors (Lipinski definition) is 2. The van der Waals surface area contributed by atoms with E-state index in [-0.39, 0.29) is 16.9 Å². The van der Waals surface area contributed by atoms with Crippen LogP contribution < -0.4 is 21.5 Å². The second kappa shape index (κ2) is 13.0. The van der Waals surface area contributed by atoms with Crippen LogP contribution in [0.1, 0.15) is 67.2 Å². The second-order valence-corrected chi connectivity index (χ2v) is 5.90. The molecular weight excluding hydrogens is 304 g/mol. The Bertz CT molecular complexity index is 499. The van der Waals surface area contributed by atoms with Gasteiger partial charge >= 0.3 is 0 Å². The molecule has 1 heterocycles. The molecule has 0 aliphatic carbocycles. The molecule has 2 rings (SSSR count). The first-order valence-corrected chi connectivity index (χ1v) is 9.51. The van der Waals surface area contributed by atoms with Crippen molar-refractivity contribution in [2.75, 3.05) is 30.4 Å². The summed E-state index contributed by atoms with van der Waals surface area (Å²) in [6, 6.07) is 0.239. The zero-order valence-electron chi connectivity index (χ0n) is 16.3. The maximum atomic E-state index is 11.6. The lowest BCUT2D eigenvalue weighted by Gasteiger charge is -2.25. The summed E-state index contributed by atoms with van der Waals surface area (Å²) < 4.78 is 5.29. The van der Waals surface area contributed by atoms with Gasteiger partial charge in [0.1, 0.15) is 11.4 Å². The van der Waals surface area contributed by atoms with Crippen molar-refractivity contribution in [3.8, 4) is 0 Å². The van der Waals surface area contributed by atoms with Gasteiger partial charge in [0.25, 0.3) is 10.9 Å². The SMILES string of the molecule is CC.CC.CC(C)CCCNc1c(NC2CCOCC2)c(=O)c1=O. The second-order valence-electron chi connectivity index (χ2n) is 5.90. The highest BCUT2D eigenvalue weighted by Gasteiger charge is 2.24. The molecule has 1 fully saturated rings. The summed E-state index contributed by atoms with van der Waals surface area (Å²) >= 11 is 0. The highest BCUT2D eigenvalue weighted by Crippen LogP contribution is 2.19. The van der Waals surface area contributed by atoms with E-state index in [1.54, 1.807) is 0 Å². The summed E-state index contributed by atoms with van der Waals surface area (Å²) in [7, 11) is 0. The van der Waals surface area contributed by atoms with Gasteiger partial charge in [0, 0.05) is 25.8 Å². The van der Waals surface area contributed by atoms with Gasteiger partial charge in [-0.05, 0) is 31.6 Å². The lowest BCUT2D eigenvalue weighted by Crippen LogP contribution is -2.41. The zero-order chi connectivity index (χ0) is 18.5. The Kier molecular flexibility index (Phi) is 12.3. The molecule has 24 heavy (non-hydrogen) atoms. The molecule has 1 aromatic carbocycles. The van der Waals surface area contributed by atoms with Crippen LogP contribution in [0.25, 0.3) is 0 Å². The van der Waals surface area contributed by atoms with Crippen LogP contribution in [0.4, 0.5) is 11.4 Å². The van der Waals surface area contributed by atoms with Crippen LogP contribution in [-0.4, -0.2) is 25.8 Å². The predicted molar refractivity (Wildman–Crippen MR) is 104 cm³/mol. The minimum atomic E-state index is -0.386. The van der Waals surface area contributed by atoms with Crippen molar-refractivity contribution in [3.05, 3.63) is 20.4 Å². The third-order valence-corrected chi connectivity index (χ3v) is 3.74. The summed E-state index contributed by atoms with van der Waals surface area (Å²) in [6.45, 7) is 14.5. The standard InChI is InChI=1S/C15H24N2O3.2C2H6/c1-10(2)4-3-7-16-12-13(15(19)14(12)18)17-11-5-8-20-9-6-11;2*1-2/h10-11,16-17H,3-9H2,1-2H3;2*1-2H3. The number of rotatable bonds is 7. The van der Waals surface area contributed by atoms with Gasteiger partial charge in [-0.1, -0.05) is 41.5 Å². The van der Waals surface area contributed by atoms with Crippen molar-refractivity contribution in [2.45, 2.75) is 73.3 Å². The Morgan fingerprint density at radius 2 is 1.54 bits per heavy atom. The molecule has 1 saturated heterocycles. The Labute approximate surface area is 146 Å². The van der Waals surface area contributed by atoms with E-state index in [0.29, 0.717) is 30.5 Å². The molecule has 0 unspecified atom stereocenters. The van der Waals surface area contributed by atoms with Gasteiger partial charge in [-0.15, -0.1) is 0 Å². The van der Waals surface area contributed by atoms with Crippen molar-refractivity contribution < 1.29 is 4.74 Å². The predicted octanol–water partition coefficient (Wildman–Crippen LogP) is 3.77. The highest BCUT2D eigenvalue weighted by molar-refractivity contribution is 5.74. The minimum Gasteiger partial charge on any atom is -0.381 e.